The minimum Gasteiger partial charge on any atom is -0.507 e. The summed E-state index contributed by atoms with van der Waals surface area (Å²) in [6.07, 6.45) is 0.279. The molecular weight excluding hydrogens is 424 g/mol. The van der Waals surface area contributed by atoms with Crippen molar-refractivity contribution in [2.45, 2.75) is 50.3 Å². The maximum atomic E-state index is 12.3. The number of benzene rings is 2. The maximum Gasteiger partial charge on any atom is 0.308 e. The van der Waals surface area contributed by atoms with Gasteiger partial charge in [-0.1, -0.05) is 25.6 Å². The van der Waals surface area contributed by atoms with Gasteiger partial charge in [-0.05, 0) is 12.1 Å². The number of carbonyl (C=O) groups excluding carboxylic acids is 4. The number of rotatable bonds is 8. The molecule has 0 saturated heterocycles. The van der Waals surface area contributed by atoms with Gasteiger partial charge in [0.2, 0.25) is 0 Å². The lowest BCUT2D eigenvalue weighted by Crippen LogP contribution is -2.08. The lowest BCUT2D eigenvalue weighted by Gasteiger charge is -2.14. The second-order valence-corrected chi connectivity index (χ2v) is 7.56. The fourth-order valence-corrected chi connectivity index (χ4v) is 3.59. The molecule has 2 rings (SSSR count). The fraction of sp³-hybridized carbons (Fsp3) is 0.273. The van der Waals surface area contributed by atoms with E-state index in [2.05, 4.69) is 0 Å². The van der Waals surface area contributed by atoms with Crippen LogP contribution in [0.15, 0.2) is 34.1 Å². The van der Waals surface area contributed by atoms with Crippen molar-refractivity contribution in [3.05, 3.63) is 35.4 Å². The first-order valence-corrected chi connectivity index (χ1v) is 10.2. The number of carbonyl (C=O) groups is 4. The van der Waals surface area contributed by atoms with Gasteiger partial charge in [0, 0.05) is 38.8 Å². The van der Waals surface area contributed by atoms with Gasteiger partial charge in [0.15, 0.2) is 11.6 Å². The Balaban J connectivity index is 2.56. The molecule has 9 heteroatoms. The summed E-state index contributed by atoms with van der Waals surface area (Å²) < 4.78 is 10.0. The van der Waals surface area contributed by atoms with Gasteiger partial charge in [-0.2, -0.15) is 0 Å². The van der Waals surface area contributed by atoms with E-state index in [-0.39, 0.29) is 68.3 Å². The molecule has 0 amide bonds. The van der Waals surface area contributed by atoms with Gasteiger partial charge in [-0.25, -0.2) is 0 Å². The topological polar surface area (TPSA) is 127 Å². The van der Waals surface area contributed by atoms with Crippen molar-refractivity contribution in [1.82, 2.24) is 0 Å². The summed E-state index contributed by atoms with van der Waals surface area (Å²) in [6, 6.07) is 5.00. The quantitative estimate of drug-likeness (QED) is 0.347. The Morgan fingerprint density at radius 3 is 1.39 bits per heavy atom. The van der Waals surface area contributed by atoms with E-state index in [9.17, 15) is 29.4 Å². The van der Waals surface area contributed by atoms with E-state index < -0.39 is 11.9 Å². The molecule has 2 aromatic carbocycles. The van der Waals surface area contributed by atoms with Crippen LogP contribution in [-0.2, 0) is 9.59 Å². The van der Waals surface area contributed by atoms with E-state index in [4.69, 9.17) is 9.47 Å². The van der Waals surface area contributed by atoms with Crippen molar-refractivity contribution in [2.75, 3.05) is 0 Å². The number of phenols is 2. The van der Waals surface area contributed by atoms with Gasteiger partial charge < -0.3 is 19.7 Å². The molecule has 0 saturated carbocycles. The van der Waals surface area contributed by atoms with Gasteiger partial charge in [0.05, 0.1) is 20.9 Å². The van der Waals surface area contributed by atoms with E-state index >= 15 is 0 Å². The van der Waals surface area contributed by atoms with E-state index in [0.29, 0.717) is 0 Å². The van der Waals surface area contributed by atoms with Crippen LogP contribution in [0, 0.1) is 0 Å². The number of hydrogen-bond acceptors (Lipinski definition) is 9. The Morgan fingerprint density at radius 2 is 1.10 bits per heavy atom. The van der Waals surface area contributed by atoms with Crippen molar-refractivity contribution in [2.24, 2.45) is 0 Å². The van der Waals surface area contributed by atoms with Crippen LogP contribution in [0.2, 0.25) is 0 Å². The van der Waals surface area contributed by atoms with Gasteiger partial charge in [0.25, 0.3) is 0 Å². The lowest BCUT2D eigenvalue weighted by atomic mass is 10.1. The molecule has 0 aliphatic rings. The third kappa shape index (κ3) is 5.85. The van der Waals surface area contributed by atoms with Crippen molar-refractivity contribution >= 4 is 35.3 Å². The molecule has 0 atom stereocenters. The predicted octanol–water partition coefficient (Wildman–Crippen LogP) is 4.29. The van der Waals surface area contributed by atoms with Gasteiger partial charge in [0.1, 0.15) is 23.0 Å². The van der Waals surface area contributed by atoms with Crippen LogP contribution in [0.4, 0.5) is 0 Å². The molecule has 31 heavy (non-hydrogen) atoms. The largest absolute Gasteiger partial charge is 0.507 e. The normalized spacial score (nSPS) is 10.5. The summed E-state index contributed by atoms with van der Waals surface area (Å²) in [7, 11) is 0. The molecule has 8 nitrogen and oxygen atoms in total. The Morgan fingerprint density at radius 1 is 0.742 bits per heavy atom. The average Bonchev–Trinajstić information content (AvgIpc) is 2.69. The third-order valence-corrected chi connectivity index (χ3v) is 5.19. The first kappa shape index (κ1) is 23.9. The predicted molar refractivity (Wildman–Crippen MR) is 112 cm³/mol. The van der Waals surface area contributed by atoms with Crippen LogP contribution in [0.1, 0.15) is 61.3 Å². The highest BCUT2D eigenvalue weighted by molar-refractivity contribution is 7.99. The first-order chi connectivity index (χ1) is 14.6. The summed E-state index contributed by atoms with van der Waals surface area (Å²) in [4.78, 5) is 47.6. The zero-order valence-corrected chi connectivity index (χ0v) is 18.3. The summed E-state index contributed by atoms with van der Waals surface area (Å²) >= 11 is 0.895. The SMILES string of the molecule is CCC(=O)c1cc(Sc2cc(C(=O)CC)c(OC(C)=O)cc2O)c(O)cc1OC(C)=O. The summed E-state index contributed by atoms with van der Waals surface area (Å²) in [6.45, 7) is 5.63. The first-order valence-electron chi connectivity index (χ1n) is 9.42. The van der Waals surface area contributed by atoms with E-state index in [1.165, 1.54) is 26.0 Å². The summed E-state index contributed by atoms with van der Waals surface area (Å²) in [5, 5.41) is 20.8. The third-order valence-electron chi connectivity index (χ3n) is 4.09. The molecule has 2 N–H and O–H groups in total. The highest BCUT2D eigenvalue weighted by Crippen LogP contribution is 2.44. The van der Waals surface area contributed by atoms with Crippen molar-refractivity contribution in [3.63, 3.8) is 0 Å². The van der Waals surface area contributed by atoms with E-state index in [0.717, 1.165) is 23.9 Å². The molecule has 0 aliphatic carbocycles. The lowest BCUT2D eigenvalue weighted by molar-refractivity contribution is -0.132. The number of phenolic OH excluding ortho intramolecular Hbond substituents is 2. The summed E-state index contributed by atoms with van der Waals surface area (Å²) in [5.41, 5.74) is 0.192. The Hall–Kier alpha value is -3.33. The molecular formula is C22H22O8S. The smallest absolute Gasteiger partial charge is 0.308 e. The molecule has 0 aliphatic heterocycles. The monoisotopic (exact) mass is 446 g/mol. The highest BCUT2D eigenvalue weighted by atomic mass is 32.2. The molecule has 0 heterocycles. The zero-order chi connectivity index (χ0) is 23.3. The number of Topliss-reactive ketones (excluding diaryl/α,β-unsaturated/α-hetero) is 2. The standard InChI is InChI=1S/C22H22O8S/c1-5-15(25)13-7-21(17(27)9-19(13)29-11(3)23)31-22-8-14(16(26)6-2)20(10-18(22)28)30-12(4)24/h7-10,27-28H,5-6H2,1-4H3. The van der Waals surface area contributed by atoms with Crippen molar-refractivity contribution in [3.8, 4) is 23.0 Å². The molecule has 0 unspecified atom stereocenters. The van der Waals surface area contributed by atoms with Crippen LogP contribution >= 0.6 is 11.8 Å². The number of hydrogen-bond donors (Lipinski definition) is 2. The van der Waals surface area contributed by atoms with Crippen LogP contribution < -0.4 is 9.47 Å². The summed E-state index contributed by atoms with van der Waals surface area (Å²) in [5.74, 6) is -2.64. The van der Waals surface area contributed by atoms with Crippen LogP contribution in [0.25, 0.3) is 0 Å². The fourth-order valence-electron chi connectivity index (χ4n) is 2.68. The second-order valence-electron chi connectivity index (χ2n) is 6.47. The van der Waals surface area contributed by atoms with Crippen molar-refractivity contribution < 1.29 is 38.9 Å². The number of ether oxygens (including phenoxy) is 2. The Labute approximate surface area is 183 Å². The van der Waals surface area contributed by atoms with Crippen molar-refractivity contribution in [1.29, 1.82) is 0 Å². The van der Waals surface area contributed by atoms with Crippen LogP contribution in [0.3, 0.4) is 0 Å². The average molecular weight is 446 g/mol. The Kier molecular flexibility index (Phi) is 7.82. The zero-order valence-electron chi connectivity index (χ0n) is 17.5. The molecule has 0 aromatic heterocycles. The van der Waals surface area contributed by atoms with Gasteiger partial charge >= 0.3 is 11.9 Å². The molecule has 0 radical (unpaired) electrons. The van der Waals surface area contributed by atoms with Crippen LogP contribution in [-0.4, -0.2) is 33.7 Å². The van der Waals surface area contributed by atoms with Crippen LogP contribution in [0.5, 0.6) is 23.0 Å². The molecule has 0 bridgehead atoms. The highest BCUT2D eigenvalue weighted by Gasteiger charge is 2.21. The molecule has 0 spiro atoms. The molecule has 0 fully saturated rings. The Bertz CT molecular complexity index is 974. The molecule has 2 aromatic rings. The minimum absolute atomic E-state index is 0.0718. The molecule has 164 valence electrons. The second kappa shape index (κ2) is 10.1. The van der Waals surface area contributed by atoms with E-state index in [1.807, 2.05) is 0 Å². The number of esters is 2. The van der Waals surface area contributed by atoms with E-state index in [1.54, 1.807) is 13.8 Å². The van der Waals surface area contributed by atoms with Gasteiger partial charge in [-0.15, -0.1) is 0 Å². The minimum atomic E-state index is -0.647. The van der Waals surface area contributed by atoms with Gasteiger partial charge in [-0.3, -0.25) is 19.2 Å². The maximum absolute atomic E-state index is 12.3. The number of ketones is 2. The number of aromatic hydroxyl groups is 2.